The molecule has 0 aromatic carbocycles. The van der Waals surface area contributed by atoms with E-state index in [1.165, 1.54) is 64.3 Å². The Labute approximate surface area is 157 Å². The van der Waals surface area contributed by atoms with Gasteiger partial charge in [0.1, 0.15) is 0 Å². The van der Waals surface area contributed by atoms with Crippen LogP contribution < -0.4 is 0 Å². The first-order valence-corrected chi connectivity index (χ1v) is 10.9. The first-order valence-electron chi connectivity index (χ1n) is 10.9. The maximum absolute atomic E-state index is 6.65. The summed E-state index contributed by atoms with van der Waals surface area (Å²) in [5.41, 5.74) is 0.173. The van der Waals surface area contributed by atoms with Crippen molar-refractivity contribution in [1.82, 2.24) is 9.96 Å². The third-order valence-corrected chi connectivity index (χ3v) is 6.28. The quantitative estimate of drug-likeness (QED) is 0.577. The molecular formula is C22H44N2O. The van der Waals surface area contributed by atoms with Gasteiger partial charge >= 0.3 is 0 Å². The monoisotopic (exact) mass is 352 g/mol. The van der Waals surface area contributed by atoms with Crippen LogP contribution in [0.5, 0.6) is 0 Å². The Morgan fingerprint density at radius 3 is 2.04 bits per heavy atom. The van der Waals surface area contributed by atoms with Crippen molar-refractivity contribution in [2.24, 2.45) is 0 Å². The third kappa shape index (κ3) is 5.43. The molecule has 3 heteroatoms. The molecule has 25 heavy (non-hydrogen) atoms. The molecule has 0 N–H and O–H groups in total. The Morgan fingerprint density at radius 2 is 1.56 bits per heavy atom. The van der Waals surface area contributed by atoms with E-state index in [2.05, 4.69) is 58.4 Å². The minimum atomic E-state index is 0.0865. The predicted molar refractivity (Wildman–Crippen MR) is 108 cm³/mol. The van der Waals surface area contributed by atoms with Gasteiger partial charge in [-0.05, 0) is 80.2 Å². The van der Waals surface area contributed by atoms with Crippen LogP contribution in [0, 0.1) is 0 Å². The average Bonchev–Trinajstić information content (AvgIpc) is 2.51. The van der Waals surface area contributed by atoms with Crippen LogP contribution >= 0.6 is 0 Å². The van der Waals surface area contributed by atoms with Crippen LogP contribution in [-0.4, -0.2) is 45.8 Å². The van der Waals surface area contributed by atoms with Crippen LogP contribution in [0.3, 0.4) is 0 Å². The van der Waals surface area contributed by atoms with Crippen LogP contribution in [0.2, 0.25) is 0 Å². The molecule has 3 nitrogen and oxygen atoms in total. The Kier molecular flexibility index (Phi) is 7.38. The molecular weight excluding hydrogens is 308 g/mol. The van der Waals surface area contributed by atoms with E-state index in [1.807, 2.05) is 0 Å². The maximum Gasteiger partial charge on any atom is 0.0793 e. The third-order valence-electron chi connectivity index (χ3n) is 6.28. The van der Waals surface area contributed by atoms with E-state index in [-0.39, 0.29) is 11.1 Å². The highest BCUT2D eigenvalue weighted by Crippen LogP contribution is 2.42. The number of hydrogen-bond donors (Lipinski definition) is 0. The van der Waals surface area contributed by atoms with Gasteiger partial charge in [0.15, 0.2) is 0 Å². The number of nitrogens with zero attached hydrogens (tertiary/aromatic N) is 2. The largest absolute Gasteiger partial charge is 0.298 e. The summed E-state index contributed by atoms with van der Waals surface area (Å²) in [7, 11) is 0. The van der Waals surface area contributed by atoms with Crippen molar-refractivity contribution in [2.75, 3.05) is 6.54 Å². The zero-order valence-electron chi connectivity index (χ0n) is 18.1. The summed E-state index contributed by atoms with van der Waals surface area (Å²) < 4.78 is 0. The van der Waals surface area contributed by atoms with Gasteiger partial charge in [0.2, 0.25) is 0 Å². The molecule has 1 heterocycles. The zero-order chi connectivity index (χ0) is 18.7. The molecule has 2 rings (SSSR count). The summed E-state index contributed by atoms with van der Waals surface area (Å²) in [6, 6.07) is 1.27. The fourth-order valence-corrected chi connectivity index (χ4v) is 5.25. The molecule has 2 fully saturated rings. The topological polar surface area (TPSA) is 15.7 Å². The molecule has 0 aromatic rings. The smallest absolute Gasteiger partial charge is 0.0793 e. The second kappa shape index (κ2) is 8.71. The van der Waals surface area contributed by atoms with Crippen molar-refractivity contribution in [2.45, 2.75) is 136 Å². The molecule has 0 unspecified atom stereocenters. The SMILES string of the molecule is CCCCN(C(C)C)C1CC(C)(C)N(OC2CCCCC2)C(C)(C)C1. The van der Waals surface area contributed by atoms with Gasteiger partial charge in [-0.2, -0.15) is 5.06 Å². The lowest BCUT2D eigenvalue weighted by molar-refractivity contribution is -0.314. The second-order valence-electron chi connectivity index (χ2n) is 10.0. The molecule has 2 aliphatic rings. The minimum Gasteiger partial charge on any atom is -0.298 e. The first-order chi connectivity index (χ1) is 11.7. The van der Waals surface area contributed by atoms with Gasteiger partial charge in [-0.25, -0.2) is 0 Å². The van der Waals surface area contributed by atoms with E-state index in [0.717, 1.165) is 0 Å². The van der Waals surface area contributed by atoms with Crippen LogP contribution in [0.1, 0.15) is 106 Å². The van der Waals surface area contributed by atoms with E-state index < -0.39 is 0 Å². The lowest BCUT2D eigenvalue weighted by Crippen LogP contribution is -2.65. The number of hydrogen-bond acceptors (Lipinski definition) is 3. The molecule has 1 saturated carbocycles. The summed E-state index contributed by atoms with van der Waals surface area (Å²) in [5.74, 6) is 0. The predicted octanol–water partition coefficient (Wildman–Crippen LogP) is 5.78. The van der Waals surface area contributed by atoms with Crippen LogP contribution in [-0.2, 0) is 4.84 Å². The molecule has 0 aromatic heterocycles. The highest BCUT2D eigenvalue weighted by molar-refractivity contribution is 5.00. The standard InChI is InChI=1S/C22H44N2O/c1-8-9-15-23(18(2)3)19-16-21(4,5)24(22(6,7)17-19)25-20-13-11-10-12-14-20/h18-20H,8-17H2,1-7H3. The molecule has 0 radical (unpaired) electrons. The summed E-state index contributed by atoms with van der Waals surface area (Å²) >= 11 is 0. The van der Waals surface area contributed by atoms with E-state index in [1.54, 1.807) is 0 Å². The van der Waals surface area contributed by atoms with Gasteiger partial charge in [-0.1, -0.05) is 32.6 Å². The van der Waals surface area contributed by atoms with E-state index in [4.69, 9.17) is 4.84 Å². The molecule has 0 atom stereocenters. The van der Waals surface area contributed by atoms with E-state index >= 15 is 0 Å². The van der Waals surface area contributed by atoms with Crippen molar-refractivity contribution >= 4 is 0 Å². The second-order valence-corrected chi connectivity index (χ2v) is 10.0. The highest BCUT2D eigenvalue weighted by atomic mass is 16.7. The molecule has 0 spiro atoms. The molecule has 1 aliphatic heterocycles. The highest BCUT2D eigenvalue weighted by Gasteiger charge is 2.48. The van der Waals surface area contributed by atoms with Gasteiger partial charge < -0.3 is 0 Å². The van der Waals surface area contributed by atoms with Gasteiger partial charge in [0.25, 0.3) is 0 Å². The minimum absolute atomic E-state index is 0.0865. The van der Waals surface area contributed by atoms with Crippen molar-refractivity contribution < 1.29 is 4.84 Å². The lowest BCUT2D eigenvalue weighted by Gasteiger charge is -2.57. The summed E-state index contributed by atoms with van der Waals surface area (Å²) in [6.45, 7) is 17.8. The number of unbranched alkanes of at least 4 members (excludes halogenated alkanes) is 1. The van der Waals surface area contributed by atoms with Crippen molar-refractivity contribution in [3.8, 4) is 0 Å². The van der Waals surface area contributed by atoms with Gasteiger partial charge in [-0.3, -0.25) is 9.74 Å². The van der Waals surface area contributed by atoms with Gasteiger partial charge in [-0.15, -0.1) is 0 Å². The van der Waals surface area contributed by atoms with Crippen molar-refractivity contribution in [3.63, 3.8) is 0 Å². The molecule has 1 aliphatic carbocycles. The summed E-state index contributed by atoms with van der Waals surface area (Å²) in [4.78, 5) is 9.40. The Bertz CT molecular complexity index is 381. The Balaban J connectivity index is 2.11. The van der Waals surface area contributed by atoms with Gasteiger partial charge in [0, 0.05) is 23.2 Å². The Hall–Kier alpha value is -0.120. The summed E-state index contributed by atoms with van der Waals surface area (Å²) in [5, 5.41) is 2.39. The van der Waals surface area contributed by atoms with E-state index in [9.17, 15) is 0 Å². The average molecular weight is 353 g/mol. The molecule has 1 saturated heterocycles. The molecule has 0 bridgehead atoms. The molecule has 0 amide bonds. The van der Waals surface area contributed by atoms with Crippen LogP contribution in [0.15, 0.2) is 0 Å². The number of rotatable bonds is 7. The fourth-order valence-electron chi connectivity index (χ4n) is 5.25. The van der Waals surface area contributed by atoms with Crippen molar-refractivity contribution in [3.05, 3.63) is 0 Å². The lowest BCUT2D eigenvalue weighted by atomic mass is 9.78. The normalized spacial score (nSPS) is 25.8. The van der Waals surface area contributed by atoms with Crippen LogP contribution in [0.4, 0.5) is 0 Å². The summed E-state index contributed by atoms with van der Waals surface area (Å²) in [6.07, 6.45) is 11.9. The van der Waals surface area contributed by atoms with Gasteiger partial charge in [0.05, 0.1) is 6.10 Å². The molecule has 148 valence electrons. The first kappa shape index (κ1) is 21.2. The Morgan fingerprint density at radius 1 is 1.00 bits per heavy atom. The fraction of sp³-hybridized carbons (Fsp3) is 1.00. The number of hydroxylamine groups is 2. The van der Waals surface area contributed by atoms with E-state index in [0.29, 0.717) is 18.2 Å². The maximum atomic E-state index is 6.65. The van der Waals surface area contributed by atoms with Crippen LogP contribution in [0.25, 0.3) is 0 Å². The zero-order valence-corrected chi connectivity index (χ0v) is 18.1. The van der Waals surface area contributed by atoms with Crippen molar-refractivity contribution in [1.29, 1.82) is 0 Å². The number of piperidine rings is 1.